The highest BCUT2D eigenvalue weighted by atomic mass is 16.5. The van der Waals surface area contributed by atoms with Gasteiger partial charge in [0.2, 0.25) is 18.3 Å². The number of guanidine groups is 1. The Hall–Kier alpha value is -2.84. The van der Waals surface area contributed by atoms with E-state index in [1.165, 1.54) is 13.4 Å². The van der Waals surface area contributed by atoms with Crippen molar-refractivity contribution >= 4 is 24.2 Å². The number of methoxy groups -OCH3 is 1. The Morgan fingerprint density at radius 3 is 2.75 bits per heavy atom. The summed E-state index contributed by atoms with van der Waals surface area (Å²) in [7, 11) is 1.23. The quantitative estimate of drug-likeness (QED) is 0.448. The predicted octanol–water partition coefficient (Wildman–Crippen LogP) is -0.630. The van der Waals surface area contributed by atoms with Crippen molar-refractivity contribution in [2.45, 2.75) is 6.04 Å². The van der Waals surface area contributed by atoms with E-state index in [0.717, 1.165) is 6.41 Å². The summed E-state index contributed by atoms with van der Waals surface area (Å²) in [6.07, 6.45) is 2.27. The molecule has 0 aliphatic carbocycles. The van der Waals surface area contributed by atoms with Crippen molar-refractivity contribution in [3.05, 3.63) is 24.2 Å². The number of aliphatic imine (C=N–C) groups is 1. The van der Waals surface area contributed by atoms with E-state index in [-0.39, 0.29) is 0 Å². The van der Waals surface area contributed by atoms with Crippen LogP contribution in [-0.2, 0) is 19.1 Å². The highest BCUT2D eigenvalue weighted by Gasteiger charge is 2.43. The summed E-state index contributed by atoms with van der Waals surface area (Å²) in [4.78, 5) is 43.3. The van der Waals surface area contributed by atoms with Crippen LogP contribution < -0.4 is 5.32 Å². The Morgan fingerprint density at radius 2 is 2.17 bits per heavy atom. The number of carbonyl (C=O) groups excluding carboxylic acids is 3. The van der Waals surface area contributed by atoms with E-state index in [9.17, 15) is 14.4 Å². The predicted molar refractivity (Wildman–Crippen MR) is 81.7 cm³/mol. The Kier molecular flexibility index (Phi) is 4.50. The van der Waals surface area contributed by atoms with Gasteiger partial charge in [-0.05, 0) is 12.1 Å². The van der Waals surface area contributed by atoms with Crippen LogP contribution in [0.5, 0.6) is 0 Å². The van der Waals surface area contributed by atoms with E-state index >= 15 is 0 Å². The standard InChI is InChI=1S/C15H18N4O5/c1-23-14(22)11-12(10-3-2-8-24-10)16-15(17-13(11)21)19-6-4-18(9-20)5-7-19/h2-3,8-9,11-12H,4-7H2,1H3,(H,16,17,21). The second kappa shape index (κ2) is 6.73. The number of amides is 2. The summed E-state index contributed by atoms with van der Waals surface area (Å²) >= 11 is 0. The van der Waals surface area contributed by atoms with Crippen molar-refractivity contribution < 1.29 is 23.5 Å². The molecule has 2 aliphatic rings. The number of nitrogens with zero attached hydrogens (tertiary/aromatic N) is 3. The van der Waals surface area contributed by atoms with Gasteiger partial charge in [0, 0.05) is 26.2 Å². The van der Waals surface area contributed by atoms with Gasteiger partial charge in [0.05, 0.1) is 13.4 Å². The number of carbonyl (C=O) groups is 3. The average Bonchev–Trinajstić information content (AvgIpc) is 3.15. The SMILES string of the molecule is COC(=O)C1C(=O)NC(N2CCN(C=O)CC2)=NC1c1ccco1. The van der Waals surface area contributed by atoms with E-state index < -0.39 is 23.8 Å². The monoisotopic (exact) mass is 334 g/mol. The molecule has 9 nitrogen and oxygen atoms in total. The summed E-state index contributed by atoms with van der Waals surface area (Å²) in [6.45, 7) is 2.19. The molecule has 2 unspecified atom stereocenters. The molecule has 0 bridgehead atoms. The highest BCUT2D eigenvalue weighted by Crippen LogP contribution is 2.31. The minimum atomic E-state index is -1.10. The largest absolute Gasteiger partial charge is 0.468 e. The summed E-state index contributed by atoms with van der Waals surface area (Å²) in [5.41, 5.74) is 0. The van der Waals surface area contributed by atoms with Crippen LogP contribution >= 0.6 is 0 Å². The van der Waals surface area contributed by atoms with Crippen LogP contribution in [0.2, 0.25) is 0 Å². The molecule has 2 aliphatic heterocycles. The number of hydrogen-bond acceptors (Lipinski definition) is 7. The lowest BCUT2D eigenvalue weighted by atomic mass is 9.95. The summed E-state index contributed by atoms with van der Waals surface area (Å²) in [5.74, 6) is -1.44. The molecule has 2 amide bonds. The van der Waals surface area contributed by atoms with Crippen LogP contribution in [-0.4, -0.2) is 67.3 Å². The van der Waals surface area contributed by atoms with Crippen molar-refractivity contribution in [2.75, 3.05) is 33.3 Å². The fourth-order valence-electron chi connectivity index (χ4n) is 2.82. The van der Waals surface area contributed by atoms with Crippen molar-refractivity contribution in [1.82, 2.24) is 15.1 Å². The molecular formula is C15H18N4O5. The Bertz CT molecular complexity index is 649. The highest BCUT2D eigenvalue weighted by molar-refractivity contribution is 6.08. The molecule has 3 heterocycles. The maximum absolute atomic E-state index is 12.4. The minimum absolute atomic E-state index is 0.382. The van der Waals surface area contributed by atoms with Gasteiger partial charge in [-0.1, -0.05) is 0 Å². The first-order valence-corrected chi connectivity index (χ1v) is 7.58. The first-order valence-electron chi connectivity index (χ1n) is 7.58. The van der Waals surface area contributed by atoms with Gasteiger partial charge in [-0.3, -0.25) is 19.7 Å². The fourth-order valence-corrected chi connectivity index (χ4v) is 2.82. The molecule has 0 spiro atoms. The van der Waals surface area contributed by atoms with E-state index in [4.69, 9.17) is 9.15 Å². The molecule has 24 heavy (non-hydrogen) atoms. The Balaban J connectivity index is 1.87. The lowest BCUT2D eigenvalue weighted by molar-refractivity contribution is -0.151. The van der Waals surface area contributed by atoms with Gasteiger partial charge in [-0.25, -0.2) is 4.99 Å². The summed E-state index contributed by atoms with van der Waals surface area (Å²) < 4.78 is 10.1. The third kappa shape index (κ3) is 2.97. The molecule has 1 fully saturated rings. The van der Waals surface area contributed by atoms with Gasteiger partial charge in [0.25, 0.3) is 0 Å². The lowest BCUT2D eigenvalue weighted by Gasteiger charge is -2.37. The van der Waals surface area contributed by atoms with Gasteiger partial charge in [-0.15, -0.1) is 0 Å². The zero-order valence-electron chi connectivity index (χ0n) is 13.2. The molecule has 1 aromatic heterocycles. The summed E-state index contributed by atoms with van der Waals surface area (Å²) in [6, 6.07) is 2.57. The van der Waals surface area contributed by atoms with Crippen molar-refractivity contribution in [3.63, 3.8) is 0 Å². The molecule has 128 valence electrons. The molecule has 0 radical (unpaired) electrons. The first kappa shape index (κ1) is 16.0. The molecule has 1 N–H and O–H groups in total. The van der Waals surface area contributed by atoms with E-state index in [1.807, 2.05) is 4.90 Å². The van der Waals surface area contributed by atoms with Crippen LogP contribution in [0, 0.1) is 5.92 Å². The first-order chi connectivity index (χ1) is 11.6. The smallest absolute Gasteiger partial charge is 0.320 e. The Morgan fingerprint density at radius 1 is 1.42 bits per heavy atom. The summed E-state index contributed by atoms with van der Waals surface area (Å²) in [5, 5.41) is 2.66. The van der Waals surface area contributed by atoms with E-state index in [1.54, 1.807) is 17.0 Å². The number of hydrogen-bond donors (Lipinski definition) is 1. The van der Waals surface area contributed by atoms with Gasteiger partial charge in [-0.2, -0.15) is 0 Å². The van der Waals surface area contributed by atoms with Crippen molar-refractivity contribution in [1.29, 1.82) is 0 Å². The third-order valence-corrected chi connectivity index (χ3v) is 4.15. The van der Waals surface area contributed by atoms with Crippen molar-refractivity contribution in [3.8, 4) is 0 Å². The lowest BCUT2D eigenvalue weighted by Crippen LogP contribution is -2.57. The normalized spacial score (nSPS) is 24.2. The maximum Gasteiger partial charge on any atom is 0.320 e. The number of esters is 1. The zero-order chi connectivity index (χ0) is 17.1. The van der Waals surface area contributed by atoms with Gasteiger partial charge in [0.1, 0.15) is 11.8 Å². The van der Waals surface area contributed by atoms with E-state index in [2.05, 4.69) is 10.3 Å². The maximum atomic E-state index is 12.4. The van der Waals surface area contributed by atoms with Crippen LogP contribution in [0.3, 0.4) is 0 Å². The van der Waals surface area contributed by atoms with Gasteiger partial charge in [0.15, 0.2) is 5.92 Å². The average molecular weight is 334 g/mol. The fraction of sp³-hybridized carbons (Fsp3) is 0.467. The van der Waals surface area contributed by atoms with Crippen molar-refractivity contribution in [2.24, 2.45) is 10.9 Å². The number of ether oxygens (including phenoxy) is 1. The zero-order valence-corrected chi connectivity index (χ0v) is 13.2. The molecule has 3 rings (SSSR count). The van der Waals surface area contributed by atoms with Gasteiger partial charge < -0.3 is 19.0 Å². The number of furan rings is 1. The number of nitrogens with one attached hydrogen (secondary N) is 1. The van der Waals surface area contributed by atoms with Crippen LogP contribution in [0.25, 0.3) is 0 Å². The third-order valence-electron chi connectivity index (χ3n) is 4.15. The van der Waals surface area contributed by atoms with Crippen LogP contribution in [0.1, 0.15) is 11.8 Å². The van der Waals surface area contributed by atoms with E-state index in [0.29, 0.717) is 37.9 Å². The second-order valence-corrected chi connectivity index (χ2v) is 5.53. The molecule has 0 aromatic carbocycles. The molecule has 1 aromatic rings. The van der Waals surface area contributed by atoms with Gasteiger partial charge >= 0.3 is 5.97 Å². The van der Waals surface area contributed by atoms with Crippen LogP contribution in [0.15, 0.2) is 27.8 Å². The molecule has 2 atom stereocenters. The minimum Gasteiger partial charge on any atom is -0.468 e. The second-order valence-electron chi connectivity index (χ2n) is 5.53. The number of rotatable bonds is 3. The van der Waals surface area contributed by atoms with Crippen LogP contribution in [0.4, 0.5) is 0 Å². The molecule has 0 saturated carbocycles. The molecule has 9 heteroatoms. The Labute approximate surface area is 138 Å². The molecule has 1 saturated heterocycles. The topological polar surface area (TPSA) is 104 Å². The molecular weight excluding hydrogens is 316 g/mol. The number of piperazine rings is 1.